The molecule has 2 fully saturated rings. The molecule has 1 aromatic rings. The maximum Gasteiger partial charge on any atom is 0.309 e. The Kier molecular flexibility index (Phi) is 4.46. The van der Waals surface area contributed by atoms with Crippen molar-refractivity contribution in [3.63, 3.8) is 0 Å². The largest absolute Gasteiger partial charge is 0.481 e. The average Bonchev–Trinajstić information content (AvgIpc) is 2.77. The smallest absolute Gasteiger partial charge is 0.309 e. The summed E-state index contributed by atoms with van der Waals surface area (Å²) in [7, 11) is 4.05. The number of likely N-dealkylation sites (N-methyl/N-ethyl adjacent to an activating group) is 1. The number of nitrogens with zero attached hydrogens (tertiary/aromatic N) is 5. The molecule has 0 aromatic carbocycles. The molecule has 2 aliphatic heterocycles. The van der Waals surface area contributed by atoms with Gasteiger partial charge < -0.3 is 14.6 Å². The van der Waals surface area contributed by atoms with Gasteiger partial charge in [-0.25, -0.2) is 4.98 Å². The Morgan fingerprint density at radius 1 is 1.27 bits per heavy atom. The summed E-state index contributed by atoms with van der Waals surface area (Å²) in [5.41, 5.74) is 0. The monoisotopic (exact) mass is 307 g/mol. The van der Waals surface area contributed by atoms with E-state index in [0.29, 0.717) is 19.1 Å². The van der Waals surface area contributed by atoms with Gasteiger partial charge in [-0.2, -0.15) is 0 Å². The first-order valence-corrected chi connectivity index (χ1v) is 7.87. The summed E-state index contributed by atoms with van der Waals surface area (Å²) in [5.74, 6) is 0.123. The van der Waals surface area contributed by atoms with Gasteiger partial charge in [-0.05, 0) is 7.05 Å². The number of carboxylic acid groups (broad SMARTS) is 1. The topological polar surface area (TPSA) is 64.8 Å². The van der Waals surface area contributed by atoms with E-state index in [0.717, 1.165) is 38.5 Å². The molecule has 1 aromatic heterocycles. The zero-order valence-corrected chi connectivity index (χ0v) is 13.4. The average molecular weight is 307 g/mol. The predicted molar refractivity (Wildman–Crippen MR) is 82.5 cm³/mol. The minimum atomic E-state index is -0.678. The van der Waals surface area contributed by atoms with Gasteiger partial charge in [0.25, 0.3) is 0 Å². The van der Waals surface area contributed by atoms with E-state index in [9.17, 15) is 9.90 Å². The highest BCUT2D eigenvalue weighted by atomic mass is 16.4. The van der Waals surface area contributed by atoms with Gasteiger partial charge in [0, 0.05) is 64.8 Å². The third-order valence-electron chi connectivity index (χ3n) is 4.83. The van der Waals surface area contributed by atoms with Crippen LogP contribution in [0.1, 0.15) is 5.82 Å². The van der Waals surface area contributed by atoms with Crippen LogP contribution >= 0.6 is 0 Å². The van der Waals surface area contributed by atoms with Crippen LogP contribution in [0.5, 0.6) is 0 Å². The molecule has 2 unspecified atom stereocenters. The maximum atomic E-state index is 11.4. The Morgan fingerprint density at radius 3 is 2.77 bits per heavy atom. The molecular weight excluding hydrogens is 282 g/mol. The number of fused-ring (bicyclic) bond motifs is 1. The van der Waals surface area contributed by atoms with Gasteiger partial charge in [0.1, 0.15) is 5.82 Å². The van der Waals surface area contributed by atoms with Crippen LogP contribution in [0, 0.1) is 5.92 Å². The number of carboxylic acids is 1. The van der Waals surface area contributed by atoms with E-state index in [2.05, 4.69) is 24.3 Å². The quantitative estimate of drug-likeness (QED) is 0.816. The molecule has 22 heavy (non-hydrogen) atoms. The Labute approximate surface area is 131 Å². The summed E-state index contributed by atoms with van der Waals surface area (Å²) >= 11 is 0. The second kappa shape index (κ2) is 6.36. The summed E-state index contributed by atoms with van der Waals surface area (Å²) in [6, 6.07) is 0.406. The number of aliphatic carboxylic acids is 1. The first kappa shape index (κ1) is 15.5. The van der Waals surface area contributed by atoms with Crippen molar-refractivity contribution in [2.45, 2.75) is 12.6 Å². The lowest BCUT2D eigenvalue weighted by Gasteiger charge is -2.41. The highest BCUT2D eigenvalue weighted by molar-refractivity contribution is 5.70. The van der Waals surface area contributed by atoms with E-state index in [1.165, 1.54) is 0 Å². The lowest BCUT2D eigenvalue weighted by molar-refractivity contribution is -0.142. The van der Waals surface area contributed by atoms with Gasteiger partial charge in [0.15, 0.2) is 0 Å². The summed E-state index contributed by atoms with van der Waals surface area (Å²) in [4.78, 5) is 22.7. The Hall–Kier alpha value is -1.44. The zero-order chi connectivity index (χ0) is 15.7. The van der Waals surface area contributed by atoms with E-state index in [-0.39, 0.29) is 5.92 Å². The molecule has 0 radical (unpaired) electrons. The molecule has 3 heterocycles. The number of aromatic nitrogens is 2. The van der Waals surface area contributed by atoms with E-state index >= 15 is 0 Å². The van der Waals surface area contributed by atoms with Gasteiger partial charge in [0.05, 0.1) is 12.5 Å². The summed E-state index contributed by atoms with van der Waals surface area (Å²) in [5, 5.41) is 9.35. The van der Waals surface area contributed by atoms with Crippen molar-refractivity contribution < 1.29 is 9.90 Å². The predicted octanol–water partition coefficient (Wildman–Crippen LogP) is -0.447. The van der Waals surface area contributed by atoms with Gasteiger partial charge in [0.2, 0.25) is 0 Å². The molecule has 0 saturated carbocycles. The van der Waals surface area contributed by atoms with Crippen LogP contribution in [-0.2, 0) is 18.4 Å². The minimum absolute atomic E-state index is 0.281. The number of hydrogen-bond acceptors (Lipinski definition) is 5. The number of imidazole rings is 1. The Bertz CT molecular complexity index is 532. The van der Waals surface area contributed by atoms with Gasteiger partial charge in [-0.1, -0.05) is 0 Å². The van der Waals surface area contributed by atoms with Gasteiger partial charge >= 0.3 is 5.97 Å². The second-order valence-corrected chi connectivity index (χ2v) is 6.59. The molecule has 0 amide bonds. The van der Waals surface area contributed by atoms with Crippen molar-refractivity contribution in [2.75, 3.05) is 46.3 Å². The third kappa shape index (κ3) is 3.31. The van der Waals surface area contributed by atoms with E-state index in [4.69, 9.17) is 0 Å². The van der Waals surface area contributed by atoms with Crippen LogP contribution in [0.15, 0.2) is 12.4 Å². The minimum Gasteiger partial charge on any atom is -0.481 e. The molecule has 7 nitrogen and oxygen atoms in total. The fourth-order valence-corrected chi connectivity index (χ4v) is 3.57. The summed E-state index contributed by atoms with van der Waals surface area (Å²) < 4.78 is 2.06. The number of aryl methyl sites for hydroxylation is 1. The molecule has 0 spiro atoms. The highest BCUT2D eigenvalue weighted by Crippen LogP contribution is 2.19. The van der Waals surface area contributed by atoms with E-state index in [1.54, 1.807) is 0 Å². The van der Waals surface area contributed by atoms with Crippen molar-refractivity contribution in [3.05, 3.63) is 18.2 Å². The van der Waals surface area contributed by atoms with Crippen LogP contribution in [0.2, 0.25) is 0 Å². The molecule has 1 N–H and O–H groups in total. The number of hydrogen-bond donors (Lipinski definition) is 1. The molecule has 0 aliphatic carbocycles. The lowest BCUT2D eigenvalue weighted by atomic mass is 10.1. The number of rotatable bonds is 3. The molecule has 122 valence electrons. The maximum absolute atomic E-state index is 11.4. The fraction of sp³-hybridized carbons (Fsp3) is 0.733. The molecule has 2 atom stereocenters. The first-order chi connectivity index (χ1) is 10.5. The molecule has 2 aliphatic rings. The lowest BCUT2D eigenvalue weighted by Crippen LogP contribution is -2.55. The molecule has 2 saturated heterocycles. The molecule has 3 rings (SSSR count). The van der Waals surface area contributed by atoms with Crippen molar-refractivity contribution >= 4 is 5.97 Å². The SMILES string of the molecule is CN1CC(C(=O)O)CN2CCN(Cc3nccn3C)CC2C1. The number of piperazine rings is 1. The van der Waals surface area contributed by atoms with Crippen LogP contribution in [0.25, 0.3) is 0 Å². The second-order valence-electron chi connectivity index (χ2n) is 6.59. The van der Waals surface area contributed by atoms with E-state index < -0.39 is 5.97 Å². The third-order valence-corrected chi connectivity index (χ3v) is 4.83. The standard InChI is InChI=1S/C15H25N5O2/c1-17-7-12(15(21)22)8-20-6-5-19(10-13(20)9-17)11-14-16-3-4-18(14)2/h3-4,12-13H,5-11H2,1-2H3,(H,21,22). The molecule has 7 heteroatoms. The van der Waals surface area contributed by atoms with Crippen molar-refractivity contribution in [2.24, 2.45) is 13.0 Å². The zero-order valence-electron chi connectivity index (χ0n) is 13.4. The van der Waals surface area contributed by atoms with Gasteiger partial charge in [-0.15, -0.1) is 0 Å². The van der Waals surface area contributed by atoms with Crippen LogP contribution in [0.4, 0.5) is 0 Å². The van der Waals surface area contributed by atoms with Crippen LogP contribution in [-0.4, -0.2) is 87.7 Å². The summed E-state index contributed by atoms with van der Waals surface area (Å²) in [6.45, 7) is 5.98. The van der Waals surface area contributed by atoms with Crippen molar-refractivity contribution in [3.8, 4) is 0 Å². The Morgan fingerprint density at radius 2 is 2.09 bits per heavy atom. The van der Waals surface area contributed by atoms with Crippen LogP contribution in [0.3, 0.4) is 0 Å². The van der Waals surface area contributed by atoms with Crippen molar-refractivity contribution in [1.29, 1.82) is 0 Å². The molecule has 0 bridgehead atoms. The first-order valence-electron chi connectivity index (χ1n) is 7.87. The highest BCUT2D eigenvalue weighted by Gasteiger charge is 2.35. The van der Waals surface area contributed by atoms with Gasteiger partial charge in [-0.3, -0.25) is 14.6 Å². The van der Waals surface area contributed by atoms with E-state index in [1.807, 2.05) is 26.5 Å². The number of carbonyl (C=O) groups is 1. The van der Waals surface area contributed by atoms with Crippen LogP contribution < -0.4 is 0 Å². The normalized spacial score (nSPS) is 28.3. The Balaban J connectivity index is 1.65. The fourth-order valence-electron chi connectivity index (χ4n) is 3.57. The molecular formula is C15H25N5O2. The summed E-state index contributed by atoms with van der Waals surface area (Å²) in [6.07, 6.45) is 3.81. The van der Waals surface area contributed by atoms with Crippen molar-refractivity contribution in [1.82, 2.24) is 24.3 Å².